The molecule has 0 aliphatic carbocycles. The highest BCUT2D eigenvalue weighted by molar-refractivity contribution is 6.01. The Morgan fingerprint density at radius 1 is 0.552 bits per heavy atom. The van der Waals surface area contributed by atoms with Crippen LogP contribution in [0.4, 0.5) is 0 Å². The Morgan fingerprint density at radius 3 is 1.97 bits per heavy atom. The Labute approximate surface area is 168 Å². The van der Waals surface area contributed by atoms with Crippen molar-refractivity contribution in [2.45, 2.75) is 0 Å². The number of phenolic OH excluding ortho intramolecular Hbond substituents is 1. The molecule has 5 rings (SSSR count). The molecule has 1 N–H and O–H groups in total. The minimum absolute atomic E-state index is 0.167. The number of hydrogen-bond donors (Lipinski definition) is 1. The number of benzene rings is 4. The van der Waals surface area contributed by atoms with Crippen LogP contribution in [0.2, 0.25) is 0 Å². The van der Waals surface area contributed by atoms with Crippen molar-refractivity contribution in [3.8, 4) is 39.7 Å². The highest BCUT2D eigenvalue weighted by Gasteiger charge is 2.19. The minimum Gasteiger partial charge on any atom is -0.507 e. The van der Waals surface area contributed by atoms with E-state index in [1.165, 1.54) is 0 Å². The topological polar surface area (TPSA) is 58.9 Å². The van der Waals surface area contributed by atoms with Crippen LogP contribution in [-0.4, -0.2) is 20.3 Å². The molecule has 0 amide bonds. The largest absolute Gasteiger partial charge is 0.507 e. The molecule has 0 saturated heterocycles. The van der Waals surface area contributed by atoms with Crippen LogP contribution in [0, 0.1) is 0 Å². The number of aromatic hydroxyl groups is 1. The molecular weight excluding hydrogens is 358 g/mol. The van der Waals surface area contributed by atoms with Gasteiger partial charge < -0.3 is 5.11 Å². The summed E-state index contributed by atoms with van der Waals surface area (Å²) in [5, 5.41) is 21.7. The van der Waals surface area contributed by atoms with Crippen molar-refractivity contribution in [1.82, 2.24) is 15.2 Å². The van der Waals surface area contributed by atoms with Crippen molar-refractivity contribution in [1.29, 1.82) is 0 Å². The fourth-order valence-electron chi connectivity index (χ4n) is 3.51. The van der Waals surface area contributed by atoms with Gasteiger partial charge in [-0.25, -0.2) is 4.98 Å². The molecule has 138 valence electrons. The van der Waals surface area contributed by atoms with Gasteiger partial charge in [0, 0.05) is 11.1 Å². The first kappa shape index (κ1) is 17.1. The predicted octanol–water partition coefficient (Wildman–Crippen LogP) is 5.73. The summed E-state index contributed by atoms with van der Waals surface area (Å²) < 4.78 is 0. The fraction of sp³-hybridized carbons (Fsp3) is 0. The van der Waals surface area contributed by atoms with Gasteiger partial charge in [0.2, 0.25) is 0 Å². The number of fused-ring (bicyclic) bond motifs is 1. The van der Waals surface area contributed by atoms with Crippen LogP contribution in [-0.2, 0) is 0 Å². The molecule has 0 aliphatic rings. The van der Waals surface area contributed by atoms with Crippen LogP contribution in [0.3, 0.4) is 0 Å². The lowest BCUT2D eigenvalue weighted by molar-refractivity contribution is 0.478. The standard InChI is InChI=1S/C25H17N3O/c29-21-16-15-17-9-7-8-14-20(17)22(21)24-23(18-10-3-1-4-11-18)27-28-25(26-24)19-12-5-2-6-13-19/h1-16,29H. The van der Waals surface area contributed by atoms with E-state index in [0.717, 1.165) is 21.9 Å². The lowest BCUT2D eigenvalue weighted by Crippen LogP contribution is -2.00. The Kier molecular flexibility index (Phi) is 4.22. The molecule has 4 heteroatoms. The van der Waals surface area contributed by atoms with Crippen LogP contribution in [0.5, 0.6) is 5.75 Å². The Balaban J connectivity index is 1.84. The minimum atomic E-state index is 0.167. The monoisotopic (exact) mass is 375 g/mol. The van der Waals surface area contributed by atoms with Gasteiger partial charge in [-0.15, -0.1) is 10.2 Å². The highest BCUT2D eigenvalue weighted by Crippen LogP contribution is 2.39. The van der Waals surface area contributed by atoms with Crippen molar-refractivity contribution < 1.29 is 5.11 Å². The third kappa shape index (κ3) is 3.11. The average molecular weight is 375 g/mol. The van der Waals surface area contributed by atoms with Gasteiger partial charge in [-0.2, -0.15) is 0 Å². The fourth-order valence-corrected chi connectivity index (χ4v) is 3.51. The molecule has 1 aromatic heterocycles. The number of phenols is 1. The maximum absolute atomic E-state index is 10.8. The summed E-state index contributed by atoms with van der Waals surface area (Å²) >= 11 is 0. The molecular formula is C25H17N3O. The molecule has 5 aromatic rings. The summed E-state index contributed by atoms with van der Waals surface area (Å²) in [7, 11) is 0. The van der Waals surface area contributed by atoms with E-state index in [0.29, 0.717) is 22.8 Å². The van der Waals surface area contributed by atoms with Crippen molar-refractivity contribution >= 4 is 10.8 Å². The first-order valence-electron chi connectivity index (χ1n) is 9.38. The van der Waals surface area contributed by atoms with Crippen molar-refractivity contribution in [2.75, 3.05) is 0 Å². The van der Waals surface area contributed by atoms with Crippen molar-refractivity contribution in [2.24, 2.45) is 0 Å². The molecule has 1 heterocycles. The Hall–Kier alpha value is -4.05. The van der Waals surface area contributed by atoms with Crippen molar-refractivity contribution in [3.05, 3.63) is 97.1 Å². The number of hydrogen-bond acceptors (Lipinski definition) is 4. The third-order valence-corrected chi connectivity index (χ3v) is 4.91. The number of rotatable bonds is 3. The van der Waals surface area contributed by atoms with Gasteiger partial charge in [0.25, 0.3) is 0 Å². The molecule has 0 bridgehead atoms. The van der Waals surface area contributed by atoms with E-state index in [1.807, 2.05) is 91.0 Å². The first-order chi connectivity index (χ1) is 14.3. The second kappa shape index (κ2) is 7.17. The lowest BCUT2D eigenvalue weighted by atomic mass is 9.97. The van der Waals surface area contributed by atoms with Gasteiger partial charge >= 0.3 is 0 Å². The van der Waals surface area contributed by atoms with Gasteiger partial charge in [-0.1, -0.05) is 91.0 Å². The first-order valence-corrected chi connectivity index (χ1v) is 9.38. The zero-order valence-corrected chi connectivity index (χ0v) is 15.5. The van der Waals surface area contributed by atoms with Crippen LogP contribution in [0.1, 0.15) is 0 Å². The molecule has 29 heavy (non-hydrogen) atoms. The second-order valence-electron chi connectivity index (χ2n) is 6.75. The smallest absolute Gasteiger partial charge is 0.182 e. The normalized spacial score (nSPS) is 10.9. The maximum Gasteiger partial charge on any atom is 0.182 e. The number of nitrogens with zero attached hydrogens (tertiary/aromatic N) is 3. The van der Waals surface area contributed by atoms with E-state index < -0.39 is 0 Å². The summed E-state index contributed by atoms with van der Waals surface area (Å²) in [6.07, 6.45) is 0. The zero-order chi connectivity index (χ0) is 19.6. The molecule has 0 saturated carbocycles. The van der Waals surface area contributed by atoms with E-state index in [4.69, 9.17) is 4.98 Å². The summed E-state index contributed by atoms with van der Waals surface area (Å²) in [5.74, 6) is 0.688. The van der Waals surface area contributed by atoms with Crippen LogP contribution < -0.4 is 0 Å². The van der Waals surface area contributed by atoms with Gasteiger partial charge in [-0.3, -0.25) is 0 Å². The van der Waals surface area contributed by atoms with Gasteiger partial charge in [0.1, 0.15) is 17.1 Å². The average Bonchev–Trinajstić information content (AvgIpc) is 2.80. The van der Waals surface area contributed by atoms with E-state index >= 15 is 0 Å². The SMILES string of the molecule is Oc1ccc2ccccc2c1-c1nc(-c2ccccc2)nnc1-c1ccccc1. The molecule has 4 aromatic carbocycles. The van der Waals surface area contributed by atoms with Crippen molar-refractivity contribution in [3.63, 3.8) is 0 Å². The summed E-state index contributed by atoms with van der Waals surface area (Å²) in [5.41, 5.74) is 3.68. The van der Waals surface area contributed by atoms with E-state index in [9.17, 15) is 5.11 Å². The maximum atomic E-state index is 10.8. The van der Waals surface area contributed by atoms with Crippen LogP contribution >= 0.6 is 0 Å². The number of aromatic nitrogens is 3. The predicted molar refractivity (Wildman–Crippen MR) is 115 cm³/mol. The molecule has 0 atom stereocenters. The molecule has 0 fully saturated rings. The Bertz CT molecular complexity index is 1300. The van der Waals surface area contributed by atoms with E-state index in [2.05, 4.69) is 10.2 Å². The van der Waals surface area contributed by atoms with Crippen LogP contribution in [0.15, 0.2) is 97.1 Å². The van der Waals surface area contributed by atoms with Gasteiger partial charge in [0.05, 0.1) is 5.56 Å². The lowest BCUT2D eigenvalue weighted by Gasteiger charge is -2.13. The molecule has 0 radical (unpaired) electrons. The quantitative estimate of drug-likeness (QED) is 0.437. The van der Waals surface area contributed by atoms with E-state index in [-0.39, 0.29) is 5.75 Å². The summed E-state index contributed by atoms with van der Waals surface area (Å²) in [4.78, 5) is 4.87. The molecule has 0 spiro atoms. The molecule has 0 aliphatic heterocycles. The van der Waals surface area contributed by atoms with E-state index in [1.54, 1.807) is 6.07 Å². The Morgan fingerprint density at radius 2 is 1.21 bits per heavy atom. The second-order valence-corrected chi connectivity index (χ2v) is 6.75. The molecule has 0 unspecified atom stereocenters. The zero-order valence-electron chi connectivity index (χ0n) is 15.5. The van der Waals surface area contributed by atoms with Crippen LogP contribution in [0.25, 0.3) is 44.7 Å². The highest BCUT2D eigenvalue weighted by atomic mass is 16.3. The summed E-state index contributed by atoms with van der Waals surface area (Å²) in [6, 6.07) is 31.1. The third-order valence-electron chi connectivity index (χ3n) is 4.91. The van der Waals surface area contributed by atoms with Gasteiger partial charge in [-0.05, 0) is 16.8 Å². The van der Waals surface area contributed by atoms with Gasteiger partial charge in [0.15, 0.2) is 5.82 Å². The molecule has 4 nitrogen and oxygen atoms in total. The summed E-state index contributed by atoms with van der Waals surface area (Å²) in [6.45, 7) is 0.